The molecular weight excluding hydrogens is 229 g/mol. The van der Waals surface area contributed by atoms with Crippen molar-refractivity contribution in [3.05, 3.63) is 29.1 Å². The molecule has 0 heterocycles. The Morgan fingerprint density at radius 1 is 1.50 bits per heavy atom. The van der Waals surface area contributed by atoms with E-state index < -0.39 is 5.82 Å². The Morgan fingerprint density at radius 3 is 2.69 bits per heavy atom. The van der Waals surface area contributed by atoms with E-state index in [1.54, 1.807) is 13.0 Å². The molecule has 90 valence electrons. The second-order valence-corrected chi connectivity index (χ2v) is 4.41. The first kappa shape index (κ1) is 13.3. The van der Waals surface area contributed by atoms with Crippen LogP contribution < -0.4 is 5.73 Å². The number of aryl methyl sites for hydroxylation is 1. The van der Waals surface area contributed by atoms with Crippen molar-refractivity contribution in [3.8, 4) is 5.75 Å². The molecule has 0 amide bonds. The van der Waals surface area contributed by atoms with Crippen molar-refractivity contribution in [2.75, 3.05) is 0 Å². The number of phenols is 1. The molecule has 3 N–H and O–H groups in total. The third-order valence-corrected chi connectivity index (χ3v) is 3.02. The highest BCUT2D eigenvalue weighted by atomic mass is 35.5. The van der Waals surface area contributed by atoms with Gasteiger partial charge in [-0.25, -0.2) is 4.39 Å². The summed E-state index contributed by atoms with van der Waals surface area (Å²) < 4.78 is 13.5. The van der Waals surface area contributed by atoms with Gasteiger partial charge in [0.15, 0.2) is 0 Å². The lowest BCUT2D eigenvalue weighted by molar-refractivity contribution is 0.437. The van der Waals surface area contributed by atoms with E-state index in [0.29, 0.717) is 11.5 Å². The predicted molar refractivity (Wildman–Crippen MR) is 64.3 cm³/mol. The Morgan fingerprint density at radius 2 is 2.12 bits per heavy atom. The van der Waals surface area contributed by atoms with Crippen LogP contribution in [0.2, 0.25) is 0 Å². The average Bonchev–Trinajstić information content (AvgIpc) is 2.96. The molecule has 0 saturated heterocycles. The molecule has 1 aromatic carbocycles. The monoisotopic (exact) mass is 245 g/mol. The summed E-state index contributed by atoms with van der Waals surface area (Å²) in [6.45, 7) is 1.75. The Kier molecular flexibility index (Phi) is 4.16. The molecule has 0 bridgehead atoms. The minimum absolute atomic E-state index is 0. The van der Waals surface area contributed by atoms with Crippen LogP contribution >= 0.6 is 12.4 Å². The van der Waals surface area contributed by atoms with Crippen LogP contribution in [0.5, 0.6) is 5.75 Å². The van der Waals surface area contributed by atoms with E-state index in [0.717, 1.165) is 6.42 Å². The van der Waals surface area contributed by atoms with Crippen LogP contribution in [0.3, 0.4) is 0 Å². The number of halogens is 2. The van der Waals surface area contributed by atoms with Crippen LogP contribution in [-0.2, 0) is 0 Å². The summed E-state index contributed by atoms with van der Waals surface area (Å²) in [4.78, 5) is 0. The van der Waals surface area contributed by atoms with Crippen molar-refractivity contribution in [3.63, 3.8) is 0 Å². The van der Waals surface area contributed by atoms with Crippen molar-refractivity contribution in [1.29, 1.82) is 0 Å². The maximum atomic E-state index is 13.5. The van der Waals surface area contributed by atoms with Crippen molar-refractivity contribution in [1.82, 2.24) is 0 Å². The molecule has 0 radical (unpaired) electrons. The lowest BCUT2D eigenvalue weighted by Gasteiger charge is -2.15. The first-order valence-corrected chi connectivity index (χ1v) is 5.33. The van der Waals surface area contributed by atoms with Crippen LogP contribution in [0.15, 0.2) is 12.1 Å². The van der Waals surface area contributed by atoms with E-state index in [1.165, 1.54) is 18.9 Å². The Hall–Kier alpha value is -0.800. The first-order valence-electron chi connectivity index (χ1n) is 5.33. The van der Waals surface area contributed by atoms with Gasteiger partial charge in [-0.3, -0.25) is 0 Å². The van der Waals surface area contributed by atoms with Crippen molar-refractivity contribution in [2.24, 2.45) is 11.7 Å². The van der Waals surface area contributed by atoms with Gasteiger partial charge >= 0.3 is 0 Å². The minimum atomic E-state index is -0.397. The highest BCUT2D eigenvalue weighted by Crippen LogP contribution is 2.39. The molecule has 1 fully saturated rings. The predicted octanol–water partition coefficient (Wildman–Crippen LogP) is 3.06. The number of nitrogens with two attached hydrogens (primary N) is 1. The summed E-state index contributed by atoms with van der Waals surface area (Å²) in [5.41, 5.74) is 6.86. The van der Waals surface area contributed by atoms with Crippen molar-refractivity contribution in [2.45, 2.75) is 32.2 Å². The van der Waals surface area contributed by atoms with Crippen LogP contribution in [-0.4, -0.2) is 5.11 Å². The molecule has 4 heteroatoms. The number of hydrogen-bond donors (Lipinski definition) is 2. The smallest absolute Gasteiger partial charge is 0.131 e. The van der Waals surface area contributed by atoms with E-state index in [1.807, 2.05) is 0 Å². The molecule has 0 unspecified atom stereocenters. The maximum absolute atomic E-state index is 13.5. The van der Waals surface area contributed by atoms with Gasteiger partial charge in [-0.05, 0) is 30.9 Å². The summed E-state index contributed by atoms with van der Waals surface area (Å²) in [6, 6.07) is 2.56. The third-order valence-electron chi connectivity index (χ3n) is 3.02. The second-order valence-electron chi connectivity index (χ2n) is 4.41. The second kappa shape index (κ2) is 5.02. The van der Waals surface area contributed by atoms with Gasteiger partial charge in [-0.15, -0.1) is 12.4 Å². The summed E-state index contributed by atoms with van der Waals surface area (Å²) in [5, 5.41) is 9.76. The number of aromatic hydroxyl groups is 1. The zero-order valence-corrected chi connectivity index (χ0v) is 10.1. The molecule has 0 spiro atoms. The SMILES string of the molecule is Cc1ccc(F)c([C@H](N)CC2CC2)c1O.Cl. The molecule has 1 aromatic rings. The topological polar surface area (TPSA) is 46.2 Å². The average molecular weight is 246 g/mol. The lowest BCUT2D eigenvalue weighted by Crippen LogP contribution is -2.13. The van der Waals surface area contributed by atoms with Gasteiger partial charge in [-0.2, -0.15) is 0 Å². The summed E-state index contributed by atoms with van der Waals surface area (Å²) in [7, 11) is 0. The molecule has 0 aliphatic heterocycles. The zero-order chi connectivity index (χ0) is 11.0. The van der Waals surface area contributed by atoms with Gasteiger partial charge in [0, 0.05) is 11.6 Å². The number of hydrogen-bond acceptors (Lipinski definition) is 2. The van der Waals surface area contributed by atoms with Crippen molar-refractivity contribution >= 4 is 12.4 Å². The van der Waals surface area contributed by atoms with E-state index in [4.69, 9.17) is 5.73 Å². The molecule has 2 rings (SSSR count). The van der Waals surface area contributed by atoms with Gasteiger partial charge in [0.05, 0.1) is 0 Å². The zero-order valence-electron chi connectivity index (χ0n) is 9.24. The van der Waals surface area contributed by atoms with Gasteiger partial charge in [0.1, 0.15) is 11.6 Å². The molecule has 2 nitrogen and oxygen atoms in total. The molecule has 1 saturated carbocycles. The van der Waals surface area contributed by atoms with E-state index in [9.17, 15) is 9.50 Å². The lowest BCUT2D eigenvalue weighted by atomic mass is 9.98. The standard InChI is InChI=1S/C12H16FNO.ClH/c1-7-2-5-9(13)11(12(7)15)10(14)6-8-3-4-8;/h2,5,8,10,15H,3-4,6,14H2,1H3;1H/t10-;/m1./s1. The van der Waals surface area contributed by atoms with Gasteiger partial charge in [-0.1, -0.05) is 18.9 Å². The Bertz CT molecular complexity index is 380. The molecule has 1 aliphatic carbocycles. The van der Waals surface area contributed by atoms with Gasteiger partial charge in [0.25, 0.3) is 0 Å². The van der Waals surface area contributed by atoms with E-state index in [2.05, 4.69) is 0 Å². The molecule has 0 aromatic heterocycles. The van der Waals surface area contributed by atoms with Crippen LogP contribution in [0.1, 0.15) is 36.4 Å². The fraction of sp³-hybridized carbons (Fsp3) is 0.500. The normalized spacial score (nSPS) is 16.7. The molecule has 1 atom stereocenters. The summed E-state index contributed by atoms with van der Waals surface area (Å²) in [6.07, 6.45) is 3.14. The number of rotatable bonds is 3. The minimum Gasteiger partial charge on any atom is -0.507 e. The largest absolute Gasteiger partial charge is 0.507 e. The fourth-order valence-electron chi connectivity index (χ4n) is 1.88. The summed E-state index contributed by atoms with van der Waals surface area (Å²) in [5.74, 6) is 0.244. The molecular formula is C12H17ClFNO. The van der Waals surface area contributed by atoms with E-state index in [-0.39, 0.29) is 29.8 Å². The van der Waals surface area contributed by atoms with Crippen molar-refractivity contribution < 1.29 is 9.50 Å². The van der Waals surface area contributed by atoms with Gasteiger partial charge < -0.3 is 10.8 Å². The highest BCUT2D eigenvalue weighted by Gasteiger charge is 2.27. The quantitative estimate of drug-likeness (QED) is 0.860. The van der Waals surface area contributed by atoms with Crippen LogP contribution in [0.25, 0.3) is 0 Å². The van der Waals surface area contributed by atoms with E-state index >= 15 is 0 Å². The third kappa shape index (κ3) is 2.66. The number of benzene rings is 1. The molecule has 1 aliphatic rings. The number of phenolic OH excluding ortho intramolecular Hbond substituents is 1. The fourth-order valence-corrected chi connectivity index (χ4v) is 1.88. The Balaban J connectivity index is 0.00000128. The van der Waals surface area contributed by atoms with Gasteiger partial charge in [0.2, 0.25) is 0 Å². The highest BCUT2D eigenvalue weighted by molar-refractivity contribution is 5.85. The summed E-state index contributed by atoms with van der Waals surface area (Å²) >= 11 is 0. The van der Waals surface area contributed by atoms with Crippen LogP contribution in [0, 0.1) is 18.7 Å². The molecule has 16 heavy (non-hydrogen) atoms. The Labute approximate surface area is 101 Å². The first-order chi connectivity index (χ1) is 7.09. The van der Waals surface area contributed by atoms with Crippen LogP contribution in [0.4, 0.5) is 4.39 Å². The maximum Gasteiger partial charge on any atom is 0.131 e.